The standard InChI is InChI=1S/C20H30N2O2/c1-17(22-14-4-5-15-22)20(23)18-7-9-19(10-8-18)24-16-6-13-21-11-2-3-12-21/h7-10,17H,2-6,11-16H2,1H3. The highest BCUT2D eigenvalue weighted by molar-refractivity contribution is 5.99. The van der Waals surface area contributed by atoms with E-state index in [2.05, 4.69) is 9.80 Å². The van der Waals surface area contributed by atoms with Crippen molar-refractivity contribution in [2.75, 3.05) is 39.3 Å². The first-order chi connectivity index (χ1) is 11.7. The molecule has 2 fully saturated rings. The SMILES string of the molecule is CC(C(=O)c1ccc(OCCCN2CCCC2)cc1)N1CCCC1. The second-order valence-corrected chi connectivity index (χ2v) is 7.06. The summed E-state index contributed by atoms with van der Waals surface area (Å²) in [6.07, 6.45) is 6.16. The number of hydrogen-bond donors (Lipinski definition) is 0. The number of Topliss-reactive ketones (excluding diaryl/α,β-unsaturated/α-hetero) is 1. The van der Waals surface area contributed by atoms with Gasteiger partial charge < -0.3 is 9.64 Å². The van der Waals surface area contributed by atoms with E-state index >= 15 is 0 Å². The minimum atomic E-state index is -0.0141. The van der Waals surface area contributed by atoms with Gasteiger partial charge in [-0.2, -0.15) is 0 Å². The second-order valence-electron chi connectivity index (χ2n) is 7.06. The number of ether oxygens (including phenoxy) is 1. The molecule has 4 heteroatoms. The Labute approximate surface area is 145 Å². The first-order valence-electron chi connectivity index (χ1n) is 9.47. The summed E-state index contributed by atoms with van der Waals surface area (Å²) in [5, 5.41) is 0. The average Bonchev–Trinajstić information content (AvgIpc) is 3.31. The number of ketones is 1. The van der Waals surface area contributed by atoms with Crippen LogP contribution in [0.4, 0.5) is 0 Å². The predicted octanol–water partition coefficient (Wildman–Crippen LogP) is 3.22. The maximum Gasteiger partial charge on any atom is 0.179 e. The molecule has 4 nitrogen and oxygen atoms in total. The van der Waals surface area contributed by atoms with Gasteiger partial charge in [0.05, 0.1) is 12.6 Å². The minimum absolute atomic E-state index is 0.0141. The van der Waals surface area contributed by atoms with Crippen LogP contribution in [0.15, 0.2) is 24.3 Å². The van der Waals surface area contributed by atoms with Gasteiger partial charge in [0.1, 0.15) is 5.75 Å². The number of benzene rings is 1. The fraction of sp³-hybridized carbons (Fsp3) is 0.650. The zero-order valence-corrected chi connectivity index (χ0v) is 14.9. The van der Waals surface area contributed by atoms with Gasteiger partial charge in [-0.25, -0.2) is 0 Å². The van der Waals surface area contributed by atoms with Crippen LogP contribution in [0.1, 0.15) is 49.4 Å². The van der Waals surface area contributed by atoms with Gasteiger partial charge in [0.15, 0.2) is 5.78 Å². The molecule has 3 rings (SSSR count). The maximum atomic E-state index is 12.6. The van der Waals surface area contributed by atoms with Crippen LogP contribution in [0.5, 0.6) is 5.75 Å². The van der Waals surface area contributed by atoms with Gasteiger partial charge in [0, 0.05) is 12.1 Å². The van der Waals surface area contributed by atoms with E-state index in [0.717, 1.165) is 44.0 Å². The summed E-state index contributed by atoms with van der Waals surface area (Å²) in [6, 6.07) is 7.66. The van der Waals surface area contributed by atoms with Crippen LogP contribution < -0.4 is 4.74 Å². The Balaban J connectivity index is 1.43. The van der Waals surface area contributed by atoms with Crippen molar-refractivity contribution in [1.82, 2.24) is 9.80 Å². The smallest absolute Gasteiger partial charge is 0.179 e. The average molecular weight is 330 g/mol. The van der Waals surface area contributed by atoms with E-state index in [9.17, 15) is 4.79 Å². The van der Waals surface area contributed by atoms with Crippen LogP contribution in [0.3, 0.4) is 0 Å². The molecule has 24 heavy (non-hydrogen) atoms. The zero-order chi connectivity index (χ0) is 16.8. The highest BCUT2D eigenvalue weighted by atomic mass is 16.5. The van der Waals surface area contributed by atoms with Crippen molar-refractivity contribution in [2.24, 2.45) is 0 Å². The Morgan fingerprint density at radius 3 is 2.33 bits per heavy atom. The van der Waals surface area contributed by atoms with Crippen molar-refractivity contribution in [2.45, 2.75) is 45.1 Å². The van der Waals surface area contributed by atoms with E-state index < -0.39 is 0 Å². The van der Waals surface area contributed by atoms with Crippen LogP contribution in [0.2, 0.25) is 0 Å². The van der Waals surface area contributed by atoms with Crippen LogP contribution in [-0.4, -0.2) is 61.0 Å². The summed E-state index contributed by atoms with van der Waals surface area (Å²) in [7, 11) is 0. The lowest BCUT2D eigenvalue weighted by Crippen LogP contribution is -2.36. The second kappa shape index (κ2) is 8.63. The topological polar surface area (TPSA) is 32.8 Å². The third kappa shape index (κ3) is 4.58. The van der Waals surface area contributed by atoms with E-state index in [-0.39, 0.29) is 11.8 Å². The molecule has 1 aromatic carbocycles. The van der Waals surface area contributed by atoms with Crippen molar-refractivity contribution in [3.8, 4) is 5.75 Å². The number of carbonyl (C=O) groups is 1. The zero-order valence-electron chi connectivity index (χ0n) is 14.9. The molecule has 2 saturated heterocycles. The number of hydrogen-bond acceptors (Lipinski definition) is 4. The fourth-order valence-electron chi connectivity index (χ4n) is 3.74. The first-order valence-corrected chi connectivity index (χ1v) is 9.47. The van der Waals surface area contributed by atoms with Crippen LogP contribution in [0.25, 0.3) is 0 Å². The van der Waals surface area contributed by atoms with Gasteiger partial charge in [-0.3, -0.25) is 9.69 Å². The fourth-order valence-corrected chi connectivity index (χ4v) is 3.74. The molecule has 0 aliphatic carbocycles. The molecule has 0 aromatic heterocycles. The molecule has 1 atom stereocenters. The first kappa shape index (κ1) is 17.4. The van der Waals surface area contributed by atoms with E-state index in [4.69, 9.17) is 4.74 Å². The molecule has 0 bridgehead atoms. The monoisotopic (exact) mass is 330 g/mol. The Bertz CT molecular complexity index is 517. The lowest BCUT2D eigenvalue weighted by atomic mass is 10.0. The summed E-state index contributed by atoms with van der Waals surface area (Å²) in [5.74, 6) is 1.08. The van der Waals surface area contributed by atoms with Crippen molar-refractivity contribution in [3.05, 3.63) is 29.8 Å². The molecule has 0 saturated carbocycles. The predicted molar refractivity (Wildman–Crippen MR) is 96.8 cm³/mol. The van der Waals surface area contributed by atoms with E-state index in [1.807, 2.05) is 31.2 Å². The maximum absolute atomic E-state index is 12.6. The van der Waals surface area contributed by atoms with Crippen molar-refractivity contribution in [1.29, 1.82) is 0 Å². The van der Waals surface area contributed by atoms with Gasteiger partial charge in [-0.15, -0.1) is 0 Å². The Morgan fingerprint density at radius 1 is 1.04 bits per heavy atom. The number of carbonyl (C=O) groups excluding carboxylic acids is 1. The quantitative estimate of drug-likeness (QED) is 0.541. The van der Waals surface area contributed by atoms with Crippen LogP contribution in [0, 0.1) is 0 Å². The summed E-state index contributed by atoms with van der Waals surface area (Å²) in [4.78, 5) is 17.3. The largest absolute Gasteiger partial charge is 0.494 e. The highest BCUT2D eigenvalue weighted by Crippen LogP contribution is 2.18. The molecular weight excluding hydrogens is 300 g/mol. The molecule has 2 aliphatic rings. The van der Waals surface area contributed by atoms with Crippen molar-refractivity contribution >= 4 is 5.78 Å². The molecule has 1 aromatic rings. The van der Waals surface area contributed by atoms with Crippen molar-refractivity contribution in [3.63, 3.8) is 0 Å². The summed E-state index contributed by atoms with van der Waals surface area (Å²) in [5.41, 5.74) is 0.791. The lowest BCUT2D eigenvalue weighted by molar-refractivity contribution is 0.0867. The highest BCUT2D eigenvalue weighted by Gasteiger charge is 2.24. The third-order valence-electron chi connectivity index (χ3n) is 5.29. The molecule has 2 heterocycles. The van der Waals surface area contributed by atoms with Crippen LogP contribution >= 0.6 is 0 Å². The molecule has 0 amide bonds. The summed E-state index contributed by atoms with van der Waals surface area (Å²) >= 11 is 0. The van der Waals surface area contributed by atoms with Crippen LogP contribution in [-0.2, 0) is 0 Å². The summed E-state index contributed by atoms with van der Waals surface area (Å²) < 4.78 is 5.81. The van der Waals surface area contributed by atoms with Crippen molar-refractivity contribution < 1.29 is 9.53 Å². The summed E-state index contributed by atoms with van der Waals surface area (Å²) in [6.45, 7) is 8.47. The third-order valence-corrected chi connectivity index (χ3v) is 5.29. The lowest BCUT2D eigenvalue weighted by Gasteiger charge is -2.22. The van der Waals surface area contributed by atoms with Gasteiger partial charge in [0.25, 0.3) is 0 Å². The van der Waals surface area contributed by atoms with Gasteiger partial charge in [-0.1, -0.05) is 0 Å². The number of nitrogens with zero attached hydrogens (tertiary/aromatic N) is 2. The molecule has 2 aliphatic heterocycles. The van der Waals surface area contributed by atoms with E-state index in [0.29, 0.717) is 0 Å². The van der Waals surface area contributed by atoms with E-state index in [1.165, 1.54) is 38.8 Å². The Hall–Kier alpha value is -1.39. The molecule has 132 valence electrons. The van der Waals surface area contributed by atoms with Gasteiger partial charge >= 0.3 is 0 Å². The number of likely N-dealkylation sites (tertiary alicyclic amines) is 2. The van der Waals surface area contributed by atoms with Gasteiger partial charge in [0.2, 0.25) is 0 Å². The molecule has 0 spiro atoms. The van der Waals surface area contributed by atoms with Gasteiger partial charge in [-0.05, 0) is 89.5 Å². The molecule has 0 N–H and O–H groups in total. The Kier molecular flexibility index (Phi) is 6.27. The molecule has 1 unspecified atom stereocenters. The molecular formula is C20H30N2O2. The molecule has 0 radical (unpaired) electrons. The minimum Gasteiger partial charge on any atom is -0.494 e. The number of rotatable bonds is 8. The Morgan fingerprint density at radius 2 is 1.67 bits per heavy atom. The van der Waals surface area contributed by atoms with E-state index in [1.54, 1.807) is 0 Å². The normalized spacial score (nSPS) is 20.4.